The second kappa shape index (κ2) is 6.59. The van der Waals surface area contributed by atoms with Gasteiger partial charge in [0.15, 0.2) is 5.78 Å². The molecule has 0 aliphatic heterocycles. The van der Waals surface area contributed by atoms with Gasteiger partial charge in [-0.25, -0.2) is 0 Å². The monoisotopic (exact) mass is 300 g/mol. The second-order valence-electron chi connectivity index (χ2n) is 6.43. The smallest absolute Gasteiger partial charge is 0.168 e. The minimum atomic E-state index is -1.13. The molecular weight excluding hydrogens is 276 g/mol. The van der Waals surface area contributed by atoms with E-state index < -0.39 is 17.4 Å². The van der Waals surface area contributed by atoms with Crippen molar-refractivity contribution in [2.45, 2.75) is 32.3 Å². The number of carbonyl (C=O) groups is 1. The molecule has 0 bridgehead atoms. The van der Waals surface area contributed by atoms with Crippen LogP contribution in [0, 0.1) is 11.8 Å². The van der Waals surface area contributed by atoms with Crippen LogP contribution in [0.1, 0.15) is 42.6 Å². The van der Waals surface area contributed by atoms with Gasteiger partial charge in [-0.1, -0.05) is 62.4 Å². The fourth-order valence-corrected chi connectivity index (χ4v) is 2.89. The van der Waals surface area contributed by atoms with E-state index >= 15 is 0 Å². The molecule has 0 saturated carbocycles. The lowest BCUT2D eigenvalue weighted by molar-refractivity contribution is 0.0223. The second-order valence-corrected chi connectivity index (χ2v) is 6.43. The fourth-order valence-electron chi connectivity index (χ4n) is 2.89. The standard InChI is InChI=1S/C19H24O3/c1-13(2)14-7-9-15(10-8-14)18(21)16(12-20)17-6-4-5-11-19(17,3)22/h4-11,13,16-17,20,22H,12H2,1-3H3. The van der Waals surface area contributed by atoms with Crippen LogP contribution in [0.3, 0.4) is 0 Å². The van der Waals surface area contributed by atoms with Gasteiger partial charge >= 0.3 is 0 Å². The molecular formula is C19H24O3. The van der Waals surface area contributed by atoms with Crippen molar-refractivity contribution in [3.05, 3.63) is 59.7 Å². The molecule has 0 radical (unpaired) electrons. The van der Waals surface area contributed by atoms with Gasteiger partial charge in [0.05, 0.1) is 18.1 Å². The summed E-state index contributed by atoms with van der Waals surface area (Å²) in [6.45, 7) is 5.58. The predicted octanol–water partition coefficient (Wildman–Crippen LogP) is 3.09. The minimum absolute atomic E-state index is 0.136. The summed E-state index contributed by atoms with van der Waals surface area (Å²) in [6.07, 6.45) is 7.02. The number of aliphatic hydroxyl groups is 2. The number of benzene rings is 1. The highest BCUT2D eigenvalue weighted by atomic mass is 16.3. The van der Waals surface area contributed by atoms with Crippen molar-refractivity contribution < 1.29 is 15.0 Å². The first-order valence-electron chi connectivity index (χ1n) is 7.70. The zero-order valence-corrected chi connectivity index (χ0v) is 13.4. The van der Waals surface area contributed by atoms with Gasteiger partial charge in [0.25, 0.3) is 0 Å². The van der Waals surface area contributed by atoms with Crippen molar-refractivity contribution in [3.8, 4) is 0 Å². The van der Waals surface area contributed by atoms with Gasteiger partial charge < -0.3 is 10.2 Å². The molecule has 1 aromatic carbocycles. The molecule has 0 heterocycles. The maximum absolute atomic E-state index is 12.7. The first-order valence-corrected chi connectivity index (χ1v) is 7.70. The molecule has 0 spiro atoms. The first kappa shape index (κ1) is 16.7. The number of rotatable bonds is 5. The lowest BCUT2D eigenvalue weighted by Crippen LogP contribution is -2.42. The van der Waals surface area contributed by atoms with Gasteiger partial charge in [-0.3, -0.25) is 4.79 Å². The molecule has 0 amide bonds. The molecule has 1 aliphatic rings. The third-order valence-corrected chi connectivity index (χ3v) is 4.37. The zero-order chi connectivity index (χ0) is 16.3. The number of carbonyl (C=O) groups excluding carboxylic acids is 1. The normalized spacial score (nSPS) is 25.5. The van der Waals surface area contributed by atoms with Crippen LogP contribution in [0.4, 0.5) is 0 Å². The number of aliphatic hydroxyl groups excluding tert-OH is 1. The van der Waals surface area contributed by atoms with Crippen molar-refractivity contribution in [2.75, 3.05) is 6.61 Å². The predicted molar refractivity (Wildman–Crippen MR) is 87.8 cm³/mol. The Balaban J connectivity index is 2.25. The van der Waals surface area contributed by atoms with Gasteiger partial charge in [-0.2, -0.15) is 0 Å². The summed E-state index contributed by atoms with van der Waals surface area (Å²) in [7, 11) is 0. The van der Waals surface area contributed by atoms with E-state index in [0.29, 0.717) is 11.5 Å². The largest absolute Gasteiger partial charge is 0.396 e. The molecule has 0 aromatic heterocycles. The Hall–Kier alpha value is -1.71. The van der Waals surface area contributed by atoms with E-state index in [2.05, 4.69) is 13.8 Å². The Morgan fingerprint density at radius 3 is 2.36 bits per heavy atom. The summed E-state index contributed by atoms with van der Waals surface area (Å²) in [5.74, 6) is -0.811. The summed E-state index contributed by atoms with van der Waals surface area (Å²) in [4.78, 5) is 12.7. The summed E-state index contributed by atoms with van der Waals surface area (Å²) in [6, 6.07) is 7.50. The number of hydrogen-bond donors (Lipinski definition) is 2. The highest BCUT2D eigenvalue weighted by Crippen LogP contribution is 2.32. The molecule has 1 aliphatic carbocycles. The quantitative estimate of drug-likeness (QED) is 0.822. The molecule has 3 heteroatoms. The molecule has 3 unspecified atom stereocenters. The Morgan fingerprint density at radius 2 is 1.86 bits per heavy atom. The van der Waals surface area contributed by atoms with Crippen LogP contribution in [0.2, 0.25) is 0 Å². The number of Topliss-reactive ketones (excluding diaryl/α,β-unsaturated/α-hetero) is 1. The Kier molecular flexibility index (Phi) is 4.99. The lowest BCUT2D eigenvalue weighted by Gasteiger charge is -2.34. The molecule has 0 fully saturated rings. The number of allylic oxidation sites excluding steroid dienone is 2. The molecule has 22 heavy (non-hydrogen) atoms. The van der Waals surface area contributed by atoms with Crippen molar-refractivity contribution in [2.24, 2.45) is 11.8 Å². The van der Waals surface area contributed by atoms with Gasteiger partial charge in [-0.15, -0.1) is 0 Å². The highest BCUT2D eigenvalue weighted by molar-refractivity contribution is 5.98. The highest BCUT2D eigenvalue weighted by Gasteiger charge is 2.38. The van der Waals surface area contributed by atoms with Gasteiger partial charge in [0, 0.05) is 11.5 Å². The van der Waals surface area contributed by atoms with Gasteiger partial charge in [0.1, 0.15) is 0 Å². The van der Waals surface area contributed by atoms with Crippen LogP contribution in [0.15, 0.2) is 48.6 Å². The molecule has 3 nitrogen and oxygen atoms in total. The molecule has 0 saturated heterocycles. The Morgan fingerprint density at radius 1 is 1.23 bits per heavy atom. The zero-order valence-electron chi connectivity index (χ0n) is 13.4. The number of hydrogen-bond acceptors (Lipinski definition) is 3. The molecule has 2 N–H and O–H groups in total. The topological polar surface area (TPSA) is 57.5 Å². The summed E-state index contributed by atoms with van der Waals surface area (Å²) in [5, 5.41) is 20.1. The average molecular weight is 300 g/mol. The van der Waals surface area contributed by atoms with E-state index in [1.807, 2.05) is 12.1 Å². The Labute approximate surface area is 132 Å². The summed E-state index contributed by atoms with van der Waals surface area (Å²) >= 11 is 0. The van der Waals surface area contributed by atoms with E-state index in [1.165, 1.54) is 5.56 Å². The molecule has 3 atom stereocenters. The molecule has 2 rings (SSSR count). The molecule has 118 valence electrons. The maximum atomic E-state index is 12.7. The fraction of sp³-hybridized carbons (Fsp3) is 0.421. The average Bonchev–Trinajstić information content (AvgIpc) is 2.49. The van der Waals surface area contributed by atoms with E-state index in [1.54, 1.807) is 43.4 Å². The third-order valence-electron chi connectivity index (χ3n) is 4.37. The van der Waals surface area contributed by atoms with Crippen molar-refractivity contribution in [3.63, 3.8) is 0 Å². The van der Waals surface area contributed by atoms with Crippen molar-refractivity contribution in [1.82, 2.24) is 0 Å². The van der Waals surface area contributed by atoms with E-state index in [0.717, 1.165) is 0 Å². The van der Waals surface area contributed by atoms with Crippen LogP contribution in [0.25, 0.3) is 0 Å². The van der Waals surface area contributed by atoms with E-state index in [-0.39, 0.29) is 12.4 Å². The SMILES string of the molecule is CC(C)c1ccc(C(=O)C(CO)C2C=CC=CC2(C)O)cc1. The first-order chi connectivity index (χ1) is 10.4. The van der Waals surface area contributed by atoms with Crippen LogP contribution in [0.5, 0.6) is 0 Å². The van der Waals surface area contributed by atoms with Crippen LogP contribution in [-0.4, -0.2) is 28.2 Å². The van der Waals surface area contributed by atoms with Crippen molar-refractivity contribution in [1.29, 1.82) is 0 Å². The van der Waals surface area contributed by atoms with Gasteiger partial charge in [-0.05, 0) is 18.4 Å². The summed E-state index contributed by atoms with van der Waals surface area (Å²) in [5.41, 5.74) is 0.613. The minimum Gasteiger partial charge on any atom is -0.396 e. The lowest BCUT2D eigenvalue weighted by atomic mass is 9.74. The summed E-state index contributed by atoms with van der Waals surface area (Å²) < 4.78 is 0. The van der Waals surface area contributed by atoms with Crippen LogP contribution in [-0.2, 0) is 0 Å². The Bertz CT molecular complexity index is 579. The van der Waals surface area contributed by atoms with E-state index in [9.17, 15) is 15.0 Å². The van der Waals surface area contributed by atoms with Crippen molar-refractivity contribution >= 4 is 5.78 Å². The molecule has 1 aromatic rings. The van der Waals surface area contributed by atoms with Crippen LogP contribution < -0.4 is 0 Å². The third kappa shape index (κ3) is 3.37. The van der Waals surface area contributed by atoms with Gasteiger partial charge in [0.2, 0.25) is 0 Å². The number of ketones is 1. The van der Waals surface area contributed by atoms with Crippen LogP contribution >= 0.6 is 0 Å². The maximum Gasteiger partial charge on any atom is 0.168 e. The van der Waals surface area contributed by atoms with E-state index in [4.69, 9.17) is 0 Å².